The van der Waals surface area contributed by atoms with Gasteiger partial charge in [-0.1, -0.05) is 13.8 Å². The van der Waals surface area contributed by atoms with Crippen LogP contribution in [0.5, 0.6) is 0 Å². The summed E-state index contributed by atoms with van der Waals surface area (Å²) in [5.41, 5.74) is 5.04. The maximum Gasteiger partial charge on any atom is 0.399 e. The van der Waals surface area contributed by atoms with Gasteiger partial charge in [-0.05, 0) is 24.8 Å². The van der Waals surface area contributed by atoms with Gasteiger partial charge in [-0.3, -0.25) is 5.41 Å². The molecule has 1 aliphatic heterocycles. The van der Waals surface area contributed by atoms with Crippen molar-refractivity contribution in [2.75, 3.05) is 19.6 Å². The van der Waals surface area contributed by atoms with Crippen molar-refractivity contribution in [1.29, 1.82) is 5.41 Å². The second-order valence-electron chi connectivity index (χ2n) is 5.05. The molecule has 0 saturated carbocycles. The summed E-state index contributed by atoms with van der Waals surface area (Å²) < 4.78 is 38.0. The Hall–Kier alpha value is -0.780. The first-order valence-corrected chi connectivity index (χ1v) is 5.84. The van der Waals surface area contributed by atoms with Crippen molar-refractivity contribution in [3.05, 3.63) is 0 Å². The average Bonchev–Trinajstić information content (AvgIpc) is 2.17. The predicted octanol–water partition coefficient (Wildman–Crippen LogP) is 2.08. The number of nitrogens with one attached hydrogen (secondary N) is 1. The molecule has 100 valence electrons. The zero-order valence-electron chi connectivity index (χ0n) is 10.2. The van der Waals surface area contributed by atoms with E-state index in [2.05, 4.69) is 6.92 Å². The molecule has 0 aliphatic carbocycles. The summed E-state index contributed by atoms with van der Waals surface area (Å²) in [5, 5.41) is 7.05. The van der Waals surface area contributed by atoms with Crippen LogP contribution in [0, 0.1) is 23.2 Å². The minimum Gasteiger partial charge on any atom is -0.387 e. The van der Waals surface area contributed by atoms with Crippen LogP contribution < -0.4 is 5.73 Å². The zero-order valence-corrected chi connectivity index (χ0v) is 10.2. The molecule has 0 aromatic rings. The van der Waals surface area contributed by atoms with E-state index >= 15 is 0 Å². The van der Waals surface area contributed by atoms with E-state index in [0.29, 0.717) is 24.9 Å². The highest BCUT2D eigenvalue weighted by atomic mass is 19.4. The van der Waals surface area contributed by atoms with Crippen LogP contribution in [-0.4, -0.2) is 36.5 Å². The Labute approximate surface area is 99.7 Å². The van der Waals surface area contributed by atoms with Gasteiger partial charge in [-0.15, -0.1) is 0 Å². The summed E-state index contributed by atoms with van der Waals surface area (Å²) in [6.07, 6.45) is -3.51. The number of hydrogen-bond donors (Lipinski definition) is 2. The summed E-state index contributed by atoms with van der Waals surface area (Å²) in [6.45, 7) is 5.30. The van der Waals surface area contributed by atoms with Crippen molar-refractivity contribution in [3.63, 3.8) is 0 Å². The van der Waals surface area contributed by atoms with Crippen LogP contribution >= 0.6 is 0 Å². The predicted molar refractivity (Wildman–Crippen MR) is 60.8 cm³/mol. The van der Waals surface area contributed by atoms with Gasteiger partial charge in [0.2, 0.25) is 0 Å². The smallest absolute Gasteiger partial charge is 0.387 e. The Morgan fingerprint density at radius 2 is 2.00 bits per heavy atom. The lowest BCUT2D eigenvalue weighted by atomic mass is 9.88. The molecule has 0 aromatic carbocycles. The lowest BCUT2D eigenvalue weighted by Gasteiger charge is -2.37. The Morgan fingerprint density at radius 1 is 1.41 bits per heavy atom. The van der Waals surface area contributed by atoms with Crippen molar-refractivity contribution in [2.45, 2.75) is 26.4 Å². The zero-order chi connectivity index (χ0) is 13.2. The number of nitrogens with zero attached hydrogens (tertiary/aromatic N) is 1. The van der Waals surface area contributed by atoms with Gasteiger partial charge >= 0.3 is 6.18 Å². The van der Waals surface area contributed by atoms with Gasteiger partial charge in [0.1, 0.15) is 11.8 Å². The maximum absolute atomic E-state index is 12.7. The number of likely N-dealkylation sites (tertiary alicyclic amines) is 1. The van der Waals surface area contributed by atoms with Crippen LogP contribution in [0.1, 0.15) is 20.3 Å². The fourth-order valence-electron chi connectivity index (χ4n) is 2.15. The highest BCUT2D eigenvalue weighted by Crippen LogP contribution is 2.29. The van der Waals surface area contributed by atoms with E-state index in [0.717, 1.165) is 6.42 Å². The Morgan fingerprint density at radius 3 is 2.41 bits per heavy atom. The fourth-order valence-corrected chi connectivity index (χ4v) is 2.15. The second-order valence-corrected chi connectivity index (χ2v) is 5.05. The highest BCUT2D eigenvalue weighted by molar-refractivity contribution is 5.80. The number of nitrogens with two attached hydrogens (primary N) is 1. The number of amidine groups is 1. The molecule has 1 rings (SSSR count). The van der Waals surface area contributed by atoms with Crippen LogP contribution in [0.25, 0.3) is 0 Å². The Balaban J connectivity index is 2.60. The summed E-state index contributed by atoms with van der Waals surface area (Å²) in [6, 6.07) is 0. The molecule has 1 fully saturated rings. The van der Waals surface area contributed by atoms with Crippen LogP contribution in [0.4, 0.5) is 13.2 Å². The largest absolute Gasteiger partial charge is 0.399 e. The molecule has 0 bridgehead atoms. The van der Waals surface area contributed by atoms with E-state index in [4.69, 9.17) is 11.1 Å². The Bertz CT molecular complexity index is 278. The maximum atomic E-state index is 12.7. The molecule has 0 spiro atoms. The van der Waals surface area contributed by atoms with Gasteiger partial charge in [-0.25, -0.2) is 0 Å². The van der Waals surface area contributed by atoms with Crippen molar-refractivity contribution in [2.24, 2.45) is 23.5 Å². The van der Waals surface area contributed by atoms with Gasteiger partial charge < -0.3 is 10.6 Å². The molecule has 3 nitrogen and oxygen atoms in total. The topological polar surface area (TPSA) is 53.1 Å². The van der Waals surface area contributed by atoms with Crippen molar-refractivity contribution in [3.8, 4) is 0 Å². The number of alkyl halides is 3. The Kier molecular flexibility index (Phi) is 4.41. The van der Waals surface area contributed by atoms with Gasteiger partial charge in [0.25, 0.3) is 0 Å². The van der Waals surface area contributed by atoms with Gasteiger partial charge in [0.15, 0.2) is 0 Å². The van der Waals surface area contributed by atoms with Gasteiger partial charge in [0.05, 0.1) is 0 Å². The molecular weight excluding hydrogens is 231 g/mol. The minimum atomic E-state index is -4.42. The number of rotatable bonds is 3. The first-order valence-electron chi connectivity index (χ1n) is 5.84. The van der Waals surface area contributed by atoms with Gasteiger partial charge in [-0.2, -0.15) is 13.2 Å². The van der Waals surface area contributed by atoms with Gasteiger partial charge in [0, 0.05) is 13.1 Å². The second kappa shape index (κ2) is 5.25. The lowest BCUT2D eigenvalue weighted by Crippen LogP contribution is -2.47. The normalized spacial score (nSPS) is 29.0. The summed E-state index contributed by atoms with van der Waals surface area (Å²) in [5.74, 6) is -1.68. The number of hydrogen-bond acceptors (Lipinski definition) is 2. The third-order valence-corrected chi connectivity index (χ3v) is 3.63. The van der Waals surface area contributed by atoms with E-state index in [-0.39, 0.29) is 6.54 Å². The lowest BCUT2D eigenvalue weighted by molar-refractivity contribution is -0.161. The van der Waals surface area contributed by atoms with Crippen LogP contribution in [0.2, 0.25) is 0 Å². The van der Waals surface area contributed by atoms with Crippen LogP contribution in [0.15, 0.2) is 0 Å². The minimum absolute atomic E-state index is 0.185. The third-order valence-electron chi connectivity index (χ3n) is 3.63. The van der Waals surface area contributed by atoms with E-state index in [1.165, 1.54) is 0 Å². The van der Waals surface area contributed by atoms with E-state index in [1.54, 1.807) is 4.90 Å². The SMILES string of the molecule is CC1CCN(CC(C(=N)N)C(F)(F)F)CC1C. The molecule has 1 heterocycles. The molecule has 6 heteroatoms. The van der Waals surface area contributed by atoms with Crippen molar-refractivity contribution < 1.29 is 13.2 Å². The first-order chi connectivity index (χ1) is 7.71. The molecule has 17 heavy (non-hydrogen) atoms. The van der Waals surface area contributed by atoms with Crippen molar-refractivity contribution in [1.82, 2.24) is 4.90 Å². The third kappa shape index (κ3) is 3.87. The van der Waals surface area contributed by atoms with E-state index < -0.39 is 17.9 Å². The number of piperidine rings is 1. The van der Waals surface area contributed by atoms with Crippen LogP contribution in [0.3, 0.4) is 0 Å². The first kappa shape index (κ1) is 14.3. The van der Waals surface area contributed by atoms with Crippen molar-refractivity contribution >= 4 is 5.84 Å². The molecule has 1 saturated heterocycles. The van der Waals surface area contributed by atoms with E-state index in [9.17, 15) is 13.2 Å². The molecule has 3 unspecified atom stereocenters. The summed E-state index contributed by atoms with van der Waals surface area (Å²) in [7, 11) is 0. The quantitative estimate of drug-likeness (QED) is 0.596. The standard InChI is InChI=1S/C11H20F3N3/c1-7-3-4-17(5-8(7)2)6-9(10(15)16)11(12,13)14/h7-9H,3-6H2,1-2H3,(H3,15,16). The summed E-state index contributed by atoms with van der Waals surface area (Å²) >= 11 is 0. The highest BCUT2D eigenvalue weighted by Gasteiger charge is 2.43. The molecule has 0 radical (unpaired) electrons. The molecule has 0 amide bonds. The molecule has 3 N–H and O–H groups in total. The molecule has 1 aliphatic rings. The fraction of sp³-hybridized carbons (Fsp3) is 0.909. The molecule has 0 aromatic heterocycles. The van der Waals surface area contributed by atoms with Crippen LogP contribution in [-0.2, 0) is 0 Å². The average molecular weight is 251 g/mol. The summed E-state index contributed by atoms with van der Waals surface area (Å²) in [4.78, 5) is 1.77. The molecular formula is C11H20F3N3. The number of halogens is 3. The van der Waals surface area contributed by atoms with E-state index in [1.807, 2.05) is 6.92 Å². The monoisotopic (exact) mass is 251 g/mol. The molecule has 3 atom stereocenters.